The summed E-state index contributed by atoms with van der Waals surface area (Å²) in [5.74, 6) is 0.708. The molecule has 1 aromatic heterocycles. The molecule has 0 spiro atoms. The topological polar surface area (TPSA) is 77.2 Å². The molecule has 2 heterocycles. The summed E-state index contributed by atoms with van der Waals surface area (Å²) >= 11 is 0. The number of pyridine rings is 1. The third-order valence-electron chi connectivity index (χ3n) is 4.13. The van der Waals surface area contributed by atoms with Crippen molar-refractivity contribution < 1.29 is 9.53 Å². The smallest absolute Gasteiger partial charge is 0.253 e. The van der Waals surface area contributed by atoms with Crippen molar-refractivity contribution in [1.82, 2.24) is 10.3 Å². The first kappa shape index (κ1) is 13.8. The molecule has 1 amide bonds. The number of rotatable bonds is 3. The van der Waals surface area contributed by atoms with Gasteiger partial charge in [-0.05, 0) is 18.7 Å². The Hall–Kier alpha value is -2.14. The molecule has 1 aromatic carbocycles. The van der Waals surface area contributed by atoms with Crippen LogP contribution in [0.15, 0.2) is 30.5 Å². The normalized spacial score (nSPS) is 21.6. The average Bonchev–Trinajstić information content (AvgIpc) is 2.91. The minimum Gasteiger partial charge on any atom is -0.383 e. The number of nitrogen functional groups attached to an aromatic ring is 1. The van der Waals surface area contributed by atoms with Crippen molar-refractivity contribution in [2.75, 3.05) is 18.9 Å². The Bertz CT molecular complexity index is 672. The number of benzene rings is 1. The van der Waals surface area contributed by atoms with Gasteiger partial charge in [-0.3, -0.25) is 4.79 Å². The SMILES string of the molecule is CC1OCCC1CNC(=O)c1cnc(N)c2ccccc12. The van der Waals surface area contributed by atoms with E-state index < -0.39 is 0 Å². The summed E-state index contributed by atoms with van der Waals surface area (Å²) in [7, 11) is 0. The minimum atomic E-state index is -0.113. The lowest BCUT2D eigenvalue weighted by atomic mass is 10.0. The van der Waals surface area contributed by atoms with Crippen molar-refractivity contribution in [3.05, 3.63) is 36.0 Å². The molecule has 1 aliphatic rings. The number of fused-ring (bicyclic) bond motifs is 1. The zero-order chi connectivity index (χ0) is 14.8. The van der Waals surface area contributed by atoms with Crippen molar-refractivity contribution in [1.29, 1.82) is 0 Å². The number of hydrogen-bond donors (Lipinski definition) is 2. The minimum absolute atomic E-state index is 0.113. The molecule has 21 heavy (non-hydrogen) atoms. The molecule has 0 saturated carbocycles. The van der Waals surface area contributed by atoms with E-state index in [4.69, 9.17) is 10.5 Å². The highest BCUT2D eigenvalue weighted by Gasteiger charge is 2.24. The molecular weight excluding hydrogens is 266 g/mol. The molecule has 3 N–H and O–H groups in total. The van der Waals surface area contributed by atoms with E-state index in [2.05, 4.69) is 10.3 Å². The van der Waals surface area contributed by atoms with Crippen LogP contribution < -0.4 is 11.1 Å². The van der Waals surface area contributed by atoms with Crippen LogP contribution in [0.4, 0.5) is 5.82 Å². The predicted molar refractivity (Wildman–Crippen MR) is 82.0 cm³/mol. The monoisotopic (exact) mass is 285 g/mol. The first-order chi connectivity index (χ1) is 10.2. The van der Waals surface area contributed by atoms with Crippen molar-refractivity contribution >= 4 is 22.5 Å². The van der Waals surface area contributed by atoms with Gasteiger partial charge in [-0.25, -0.2) is 4.98 Å². The summed E-state index contributed by atoms with van der Waals surface area (Å²) in [6.45, 7) is 3.44. The fraction of sp³-hybridized carbons (Fsp3) is 0.375. The molecule has 5 nitrogen and oxygen atoms in total. The van der Waals surface area contributed by atoms with Crippen LogP contribution in [0.1, 0.15) is 23.7 Å². The maximum atomic E-state index is 12.4. The summed E-state index contributed by atoms with van der Waals surface area (Å²) < 4.78 is 5.51. The summed E-state index contributed by atoms with van der Waals surface area (Å²) in [5.41, 5.74) is 6.42. The Balaban J connectivity index is 1.80. The van der Waals surface area contributed by atoms with Gasteiger partial charge in [0.25, 0.3) is 5.91 Å². The number of aromatic nitrogens is 1. The van der Waals surface area contributed by atoms with Gasteiger partial charge in [0.2, 0.25) is 0 Å². The summed E-state index contributed by atoms with van der Waals surface area (Å²) in [5, 5.41) is 4.62. The zero-order valence-electron chi connectivity index (χ0n) is 12.0. The van der Waals surface area contributed by atoms with Crippen molar-refractivity contribution in [3.8, 4) is 0 Å². The van der Waals surface area contributed by atoms with E-state index >= 15 is 0 Å². The van der Waals surface area contributed by atoms with Crippen LogP contribution >= 0.6 is 0 Å². The van der Waals surface area contributed by atoms with Gasteiger partial charge in [0.05, 0.1) is 11.7 Å². The van der Waals surface area contributed by atoms with E-state index in [1.807, 2.05) is 31.2 Å². The quantitative estimate of drug-likeness (QED) is 0.904. The number of nitrogens with two attached hydrogens (primary N) is 1. The summed E-state index contributed by atoms with van der Waals surface area (Å²) in [6, 6.07) is 7.55. The Morgan fingerprint density at radius 1 is 1.43 bits per heavy atom. The molecule has 1 saturated heterocycles. The van der Waals surface area contributed by atoms with E-state index in [-0.39, 0.29) is 12.0 Å². The molecule has 2 unspecified atom stereocenters. The first-order valence-corrected chi connectivity index (χ1v) is 7.20. The van der Waals surface area contributed by atoms with E-state index in [0.717, 1.165) is 23.8 Å². The molecule has 1 aliphatic heterocycles. The third-order valence-corrected chi connectivity index (χ3v) is 4.13. The second kappa shape index (κ2) is 5.69. The second-order valence-electron chi connectivity index (χ2n) is 5.44. The van der Waals surface area contributed by atoms with Crippen LogP contribution in [0.25, 0.3) is 10.8 Å². The summed E-state index contributed by atoms with van der Waals surface area (Å²) in [6.07, 6.45) is 2.73. The molecule has 0 radical (unpaired) electrons. The maximum absolute atomic E-state index is 12.4. The van der Waals surface area contributed by atoms with Crippen molar-refractivity contribution in [3.63, 3.8) is 0 Å². The molecule has 0 bridgehead atoms. The van der Waals surface area contributed by atoms with E-state index in [1.54, 1.807) is 6.20 Å². The van der Waals surface area contributed by atoms with E-state index in [1.165, 1.54) is 0 Å². The number of amides is 1. The number of nitrogens with zero attached hydrogens (tertiary/aromatic N) is 1. The number of carbonyl (C=O) groups is 1. The van der Waals surface area contributed by atoms with Gasteiger partial charge in [-0.15, -0.1) is 0 Å². The van der Waals surface area contributed by atoms with Crippen LogP contribution in [0.3, 0.4) is 0 Å². The Morgan fingerprint density at radius 3 is 2.90 bits per heavy atom. The van der Waals surface area contributed by atoms with E-state index in [0.29, 0.717) is 23.8 Å². The number of hydrogen-bond acceptors (Lipinski definition) is 4. The molecular formula is C16H19N3O2. The largest absolute Gasteiger partial charge is 0.383 e. The molecule has 0 aliphatic carbocycles. The molecule has 110 valence electrons. The van der Waals surface area contributed by atoms with Crippen molar-refractivity contribution in [2.24, 2.45) is 5.92 Å². The van der Waals surface area contributed by atoms with Crippen LogP contribution in [0, 0.1) is 5.92 Å². The lowest BCUT2D eigenvalue weighted by molar-refractivity contribution is 0.0908. The molecule has 5 heteroatoms. The standard InChI is InChI=1S/C16H19N3O2/c1-10-11(6-7-21-10)8-19-16(20)14-9-18-15(17)13-5-3-2-4-12(13)14/h2-5,9-11H,6-8H2,1H3,(H2,17,18)(H,19,20). The lowest BCUT2D eigenvalue weighted by Gasteiger charge is -2.15. The zero-order valence-corrected chi connectivity index (χ0v) is 12.0. The van der Waals surface area contributed by atoms with Crippen LogP contribution in [0.5, 0.6) is 0 Å². The van der Waals surface area contributed by atoms with Crippen LogP contribution in [0.2, 0.25) is 0 Å². The average molecular weight is 285 g/mol. The number of anilines is 1. The highest BCUT2D eigenvalue weighted by molar-refractivity contribution is 6.08. The Morgan fingerprint density at radius 2 is 2.19 bits per heavy atom. The number of ether oxygens (including phenoxy) is 1. The number of carbonyl (C=O) groups excluding carboxylic acids is 1. The van der Waals surface area contributed by atoms with Gasteiger partial charge in [-0.2, -0.15) is 0 Å². The fourth-order valence-corrected chi connectivity index (χ4v) is 2.76. The van der Waals surface area contributed by atoms with Crippen molar-refractivity contribution in [2.45, 2.75) is 19.4 Å². The van der Waals surface area contributed by atoms with Gasteiger partial charge < -0.3 is 15.8 Å². The highest BCUT2D eigenvalue weighted by Crippen LogP contribution is 2.23. The van der Waals surface area contributed by atoms with Gasteiger partial charge >= 0.3 is 0 Å². The maximum Gasteiger partial charge on any atom is 0.253 e. The van der Waals surface area contributed by atoms with Gasteiger partial charge in [0.1, 0.15) is 5.82 Å². The second-order valence-corrected chi connectivity index (χ2v) is 5.44. The predicted octanol–water partition coefficient (Wildman–Crippen LogP) is 1.97. The lowest BCUT2D eigenvalue weighted by Crippen LogP contribution is -2.32. The molecule has 2 atom stereocenters. The van der Waals surface area contributed by atoms with Crippen LogP contribution in [-0.2, 0) is 4.74 Å². The van der Waals surface area contributed by atoms with E-state index in [9.17, 15) is 4.79 Å². The van der Waals surface area contributed by atoms with Gasteiger partial charge in [0.15, 0.2) is 0 Å². The third kappa shape index (κ3) is 2.69. The molecule has 3 rings (SSSR count). The molecule has 1 fully saturated rings. The Labute approximate surface area is 123 Å². The Kier molecular flexibility index (Phi) is 3.75. The number of nitrogens with one attached hydrogen (secondary N) is 1. The van der Waals surface area contributed by atoms with Crippen LogP contribution in [-0.4, -0.2) is 30.1 Å². The van der Waals surface area contributed by atoms with Gasteiger partial charge in [-0.1, -0.05) is 24.3 Å². The van der Waals surface area contributed by atoms with Gasteiger partial charge in [0, 0.05) is 30.7 Å². The summed E-state index contributed by atoms with van der Waals surface area (Å²) in [4.78, 5) is 16.5. The molecule has 2 aromatic rings. The fourth-order valence-electron chi connectivity index (χ4n) is 2.76. The first-order valence-electron chi connectivity index (χ1n) is 7.20. The highest BCUT2D eigenvalue weighted by atomic mass is 16.5.